The molecule has 0 aliphatic carbocycles. The summed E-state index contributed by atoms with van der Waals surface area (Å²) in [5.74, 6) is 1.45. The van der Waals surface area contributed by atoms with Gasteiger partial charge < -0.3 is 20.5 Å². The van der Waals surface area contributed by atoms with Crippen molar-refractivity contribution in [3.63, 3.8) is 0 Å². The number of hydrogen-bond acceptors (Lipinski definition) is 5. The van der Waals surface area contributed by atoms with Gasteiger partial charge in [0.05, 0.1) is 31.5 Å². The molecule has 0 unspecified atom stereocenters. The molecule has 0 saturated heterocycles. The Labute approximate surface area is 147 Å². The highest BCUT2D eigenvalue weighted by Gasteiger charge is 2.30. The number of pyridine rings is 1. The summed E-state index contributed by atoms with van der Waals surface area (Å²) in [6.45, 7) is 3.68. The number of nitrogens with zero attached hydrogens (tertiary/aromatic N) is 1. The molecule has 1 amide bonds. The van der Waals surface area contributed by atoms with Gasteiger partial charge in [-0.2, -0.15) is 0 Å². The van der Waals surface area contributed by atoms with Gasteiger partial charge in [-0.05, 0) is 43.7 Å². The number of nitrogens with one attached hydrogen (secondary N) is 1. The van der Waals surface area contributed by atoms with Crippen LogP contribution in [0.1, 0.15) is 19.4 Å². The molecular weight excluding hydrogens is 330 g/mol. The number of nitrogen functional groups attached to an aromatic ring is 1. The first-order valence-electron chi connectivity index (χ1n) is 7.14. The molecule has 7 heteroatoms. The fourth-order valence-electron chi connectivity index (χ4n) is 2.12. The van der Waals surface area contributed by atoms with Crippen LogP contribution in [0.2, 0.25) is 0 Å². The van der Waals surface area contributed by atoms with E-state index in [9.17, 15) is 4.79 Å². The molecule has 0 spiro atoms. The van der Waals surface area contributed by atoms with Crippen molar-refractivity contribution in [2.24, 2.45) is 0 Å². The van der Waals surface area contributed by atoms with Crippen molar-refractivity contribution in [3.05, 3.63) is 42.1 Å². The van der Waals surface area contributed by atoms with Crippen LogP contribution >= 0.6 is 12.4 Å². The molecule has 130 valence electrons. The highest BCUT2D eigenvalue weighted by atomic mass is 35.5. The second kappa shape index (κ2) is 7.88. The number of methoxy groups -OCH3 is 2. The van der Waals surface area contributed by atoms with Crippen LogP contribution in [0.25, 0.3) is 0 Å². The first-order valence-corrected chi connectivity index (χ1v) is 7.14. The van der Waals surface area contributed by atoms with Gasteiger partial charge in [0.2, 0.25) is 5.91 Å². The number of halogens is 1. The molecule has 0 fully saturated rings. The summed E-state index contributed by atoms with van der Waals surface area (Å²) < 4.78 is 10.5. The van der Waals surface area contributed by atoms with Crippen molar-refractivity contribution in [1.82, 2.24) is 4.98 Å². The number of nitrogens with two attached hydrogens (primary N) is 1. The lowest BCUT2D eigenvalue weighted by Gasteiger charge is -2.25. The van der Waals surface area contributed by atoms with Crippen molar-refractivity contribution >= 4 is 29.8 Å². The summed E-state index contributed by atoms with van der Waals surface area (Å²) in [5.41, 5.74) is 6.19. The summed E-state index contributed by atoms with van der Waals surface area (Å²) in [5, 5.41) is 2.84. The van der Waals surface area contributed by atoms with E-state index >= 15 is 0 Å². The largest absolute Gasteiger partial charge is 0.493 e. The Kier molecular flexibility index (Phi) is 6.42. The second-order valence-electron chi connectivity index (χ2n) is 5.62. The highest BCUT2D eigenvalue weighted by Crippen LogP contribution is 2.33. The van der Waals surface area contributed by atoms with Crippen molar-refractivity contribution < 1.29 is 14.3 Å². The summed E-state index contributed by atoms with van der Waals surface area (Å²) >= 11 is 0. The average Bonchev–Trinajstić information content (AvgIpc) is 2.56. The maximum atomic E-state index is 12.6. The molecule has 0 aliphatic heterocycles. The predicted molar refractivity (Wildman–Crippen MR) is 97.1 cm³/mol. The topological polar surface area (TPSA) is 86.5 Å². The minimum atomic E-state index is -0.763. The Morgan fingerprint density at radius 1 is 1.12 bits per heavy atom. The van der Waals surface area contributed by atoms with Crippen LogP contribution in [0.4, 0.5) is 11.5 Å². The molecule has 24 heavy (non-hydrogen) atoms. The Morgan fingerprint density at radius 3 is 2.33 bits per heavy atom. The van der Waals surface area contributed by atoms with E-state index in [1.165, 1.54) is 6.20 Å². The van der Waals surface area contributed by atoms with E-state index in [4.69, 9.17) is 15.2 Å². The maximum absolute atomic E-state index is 12.6. The van der Waals surface area contributed by atoms with Crippen molar-refractivity contribution in [1.29, 1.82) is 0 Å². The lowest BCUT2D eigenvalue weighted by atomic mass is 9.83. The van der Waals surface area contributed by atoms with Crippen molar-refractivity contribution in [2.75, 3.05) is 25.3 Å². The second-order valence-corrected chi connectivity index (χ2v) is 5.62. The number of anilines is 2. The van der Waals surface area contributed by atoms with Crippen LogP contribution in [0, 0.1) is 0 Å². The molecular formula is C17H22ClN3O3. The SMILES string of the molecule is COc1ccc(C(C)(C)C(=O)Nc2ccc(N)nc2)cc1OC.Cl. The third-order valence-electron chi connectivity index (χ3n) is 3.72. The monoisotopic (exact) mass is 351 g/mol. The molecule has 1 aromatic carbocycles. The third-order valence-corrected chi connectivity index (χ3v) is 3.72. The molecule has 1 heterocycles. The van der Waals surface area contributed by atoms with Gasteiger partial charge in [0.1, 0.15) is 5.82 Å². The molecule has 3 N–H and O–H groups in total. The van der Waals surface area contributed by atoms with Crippen molar-refractivity contribution in [2.45, 2.75) is 19.3 Å². The molecule has 0 radical (unpaired) electrons. The zero-order valence-corrected chi connectivity index (χ0v) is 14.9. The molecule has 6 nitrogen and oxygen atoms in total. The van der Waals surface area contributed by atoms with E-state index in [-0.39, 0.29) is 18.3 Å². The van der Waals surface area contributed by atoms with Gasteiger partial charge in [-0.15, -0.1) is 12.4 Å². The fourth-order valence-corrected chi connectivity index (χ4v) is 2.12. The van der Waals surface area contributed by atoms with Crippen molar-refractivity contribution in [3.8, 4) is 11.5 Å². The van der Waals surface area contributed by atoms with Crippen LogP contribution in [0.5, 0.6) is 11.5 Å². The van der Waals surface area contributed by atoms with E-state index < -0.39 is 5.41 Å². The summed E-state index contributed by atoms with van der Waals surface area (Å²) in [7, 11) is 3.14. The number of benzene rings is 1. The molecule has 2 rings (SSSR count). The number of aromatic nitrogens is 1. The fraction of sp³-hybridized carbons (Fsp3) is 0.294. The van der Waals surface area contributed by atoms with E-state index in [2.05, 4.69) is 10.3 Å². The van der Waals surface area contributed by atoms with Crippen LogP contribution in [-0.2, 0) is 10.2 Å². The Balaban J connectivity index is 0.00000288. The zero-order valence-electron chi connectivity index (χ0n) is 14.1. The molecule has 1 aromatic heterocycles. The molecule has 0 saturated carbocycles. The standard InChI is InChI=1S/C17H21N3O3.ClH/c1-17(2,11-5-7-13(22-3)14(9-11)23-4)16(21)20-12-6-8-15(18)19-10-12;/h5-10H,1-4H3,(H2,18,19)(H,20,21);1H. The first-order chi connectivity index (χ1) is 10.9. The number of carbonyl (C=O) groups excluding carboxylic acids is 1. The Hall–Kier alpha value is -2.47. The predicted octanol–water partition coefficient (Wildman–Crippen LogP) is 3.02. The number of ether oxygens (including phenoxy) is 2. The third kappa shape index (κ3) is 4.08. The normalized spacial score (nSPS) is 10.5. The highest BCUT2D eigenvalue weighted by molar-refractivity contribution is 5.98. The molecule has 0 aliphatic rings. The number of rotatable bonds is 5. The van der Waals surface area contributed by atoms with Gasteiger partial charge in [0.15, 0.2) is 11.5 Å². The van der Waals surface area contributed by atoms with Crippen LogP contribution in [-0.4, -0.2) is 25.1 Å². The summed E-state index contributed by atoms with van der Waals surface area (Å²) in [6.07, 6.45) is 1.53. The minimum absolute atomic E-state index is 0. The molecule has 0 bridgehead atoms. The number of amides is 1. The van der Waals surface area contributed by atoms with Gasteiger partial charge in [-0.1, -0.05) is 6.07 Å². The van der Waals surface area contributed by atoms with Crippen LogP contribution in [0.3, 0.4) is 0 Å². The van der Waals surface area contributed by atoms with Gasteiger partial charge in [-0.25, -0.2) is 4.98 Å². The van der Waals surface area contributed by atoms with E-state index in [0.717, 1.165) is 5.56 Å². The smallest absolute Gasteiger partial charge is 0.234 e. The summed E-state index contributed by atoms with van der Waals surface area (Å²) in [4.78, 5) is 16.6. The van der Waals surface area contributed by atoms with E-state index in [1.807, 2.05) is 19.9 Å². The number of hydrogen-bond donors (Lipinski definition) is 2. The van der Waals surface area contributed by atoms with Crippen LogP contribution in [0.15, 0.2) is 36.5 Å². The van der Waals surface area contributed by atoms with Gasteiger partial charge in [0, 0.05) is 0 Å². The maximum Gasteiger partial charge on any atom is 0.234 e. The van der Waals surface area contributed by atoms with Gasteiger partial charge >= 0.3 is 0 Å². The van der Waals surface area contributed by atoms with Gasteiger partial charge in [0.25, 0.3) is 0 Å². The first kappa shape index (κ1) is 19.6. The van der Waals surface area contributed by atoms with Gasteiger partial charge in [-0.3, -0.25) is 4.79 Å². The van der Waals surface area contributed by atoms with E-state index in [1.54, 1.807) is 38.5 Å². The van der Waals surface area contributed by atoms with E-state index in [0.29, 0.717) is 23.0 Å². The summed E-state index contributed by atoms with van der Waals surface area (Å²) in [6, 6.07) is 8.79. The zero-order chi connectivity index (χ0) is 17.0. The lowest BCUT2D eigenvalue weighted by molar-refractivity contribution is -0.120. The number of carbonyl (C=O) groups is 1. The Bertz CT molecular complexity index is 703. The minimum Gasteiger partial charge on any atom is -0.493 e. The molecule has 2 aromatic rings. The quantitative estimate of drug-likeness (QED) is 0.864. The lowest BCUT2D eigenvalue weighted by Crippen LogP contribution is -2.34. The molecule has 0 atom stereocenters. The Morgan fingerprint density at radius 2 is 1.79 bits per heavy atom. The average molecular weight is 352 g/mol. The van der Waals surface area contributed by atoms with Crippen LogP contribution < -0.4 is 20.5 Å².